The molecule has 3 aromatic rings. The first-order valence-electron chi connectivity index (χ1n) is 8.17. The molecule has 118 valence electrons. The van der Waals surface area contributed by atoms with E-state index in [-0.39, 0.29) is 0 Å². The maximum Gasteiger partial charge on any atom is 0.158 e. The molecule has 1 saturated carbocycles. The smallest absolute Gasteiger partial charge is 0.158 e. The first kappa shape index (κ1) is 13.9. The van der Waals surface area contributed by atoms with E-state index in [0.717, 1.165) is 28.9 Å². The van der Waals surface area contributed by atoms with E-state index in [0.29, 0.717) is 11.8 Å². The summed E-state index contributed by atoms with van der Waals surface area (Å²) in [4.78, 5) is 11.0. The van der Waals surface area contributed by atoms with Crippen LogP contribution in [0.4, 0.5) is 5.82 Å². The number of hydrogen-bond donors (Lipinski definition) is 1. The van der Waals surface area contributed by atoms with Crippen LogP contribution in [-0.2, 0) is 0 Å². The second kappa shape index (κ2) is 5.53. The van der Waals surface area contributed by atoms with Gasteiger partial charge in [-0.2, -0.15) is 5.10 Å². The van der Waals surface area contributed by atoms with Crippen LogP contribution < -0.4 is 5.43 Å². The van der Waals surface area contributed by atoms with Gasteiger partial charge in [-0.1, -0.05) is 42.5 Å². The van der Waals surface area contributed by atoms with Crippen LogP contribution in [0.1, 0.15) is 12.8 Å². The number of hydrazone groups is 1. The Morgan fingerprint density at radius 2 is 2.08 bits per heavy atom. The van der Waals surface area contributed by atoms with Gasteiger partial charge in [0.1, 0.15) is 11.2 Å². The van der Waals surface area contributed by atoms with Crippen LogP contribution in [0, 0.1) is 11.8 Å². The van der Waals surface area contributed by atoms with Gasteiger partial charge in [0.05, 0.1) is 5.39 Å². The fraction of sp³-hybridized carbons (Fsp3) is 0.211. The van der Waals surface area contributed by atoms with Crippen LogP contribution in [0.15, 0.2) is 60.0 Å². The summed E-state index contributed by atoms with van der Waals surface area (Å²) in [5.41, 5.74) is 5.65. The summed E-state index contributed by atoms with van der Waals surface area (Å²) in [6, 6.07) is 12.5. The lowest BCUT2D eigenvalue weighted by Gasteiger charge is -2.31. The van der Waals surface area contributed by atoms with Crippen molar-refractivity contribution in [3.05, 3.63) is 54.9 Å². The second-order valence-electron chi connectivity index (χ2n) is 6.27. The van der Waals surface area contributed by atoms with E-state index < -0.39 is 0 Å². The molecule has 2 atom stereocenters. The average Bonchev–Trinajstić information content (AvgIpc) is 3.20. The summed E-state index contributed by atoms with van der Waals surface area (Å²) >= 11 is 1.68. The minimum atomic E-state index is 0.609. The molecule has 2 aromatic heterocycles. The topological polar surface area (TPSA) is 50.2 Å². The lowest BCUT2D eigenvalue weighted by molar-refractivity contribution is 0.466. The molecular formula is C19H16N4S. The highest BCUT2D eigenvalue weighted by Gasteiger charge is 2.37. The van der Waals surface area contributed by atoms with Crippen molar-refractivity contribution in [1.29, 1.82) is 0 Å². The van der Waals surface area contributed by atoms with E-state index in [4.69, 9.17) is 0 Å². The van der Waals surface area contributed by atoms with Crippen molar-refractivity contribution in [3.8, 4) is 10.4 Å². The Hall–Kier alpha value is -2.53. The first-order chi connectivity index (χ1) is 11.9. The molecule has 2 aliphatic carbocycles. The lowest BCUT2D eigenvalue weighted by atomic mass is 9.74. The Kier molecular flexibility index (Phi) is 3.19. The van der Waals surface area contributed by atoms with Crippen molar-refractivity contribution in [1.82, 2.24) is 9.97 Å². The highest BCUT2D eigenvalue weighted by molar-refractivity contribution is 7.21. The zero-order valence-electron chi connectivity index (χ0n) is 13.0. The molecule has 4 nitrogen and oxygen atoms in total. The predicted molar refractivity (Wildman–Crippen MR) is 99.3 cm³/mol. The zero-order chi connectivity index (χ0) is 15.9. The predicted octanol–water partition coefficient (Wildman–Crippen LogP) is 4.72. The quantitative estimate of drug-likeness (QED) is 0.557. The molecule has 0 unspecified atom stereocenters. The summed E-state index contributed by atoms with van der Waals surface area (Å²) in [6.45, 7) is 0. The number of aromatic nitrogens is 2. The van der Waals surface area contributed by atoms with Gasteiger partial charge in [-0.25, -0.2) is 9.97 Å². The molecule has 0 bridgehead atoms. The van der Waals surface area contributed by atoms with Gasteiger partial charge in [-0.15, -0.1) is 11.3 Å². The van der Waals surface area contributed by atoms with Gasteiger partial charge < -0.3 is 0 Å². The summed E-state index contributed by atoms with van der Waals surface area (Å²) in [5.74, 6) is 2.11. The normalized spacial score (nSPS) is 23.4. The van der Waals surface area contributed by atoms with Crippen molar-refractivity contribution in [2.45, 2.75) is 12.8 Å². The monoisotopic (exact) mass is 332 g/mol. The van der Waals surface area contributed by atoms with Gasteiger partial charge in [0.15, 0.2) is 5.82 Å². The van der Waals surface area contributed by atoms with Gasteiger partial charge in [0.2, 0.25) is 0 Å². The van der Waals surface area contributed by atoms with Crippen LogP contribution in [0.5, 0.6) is 0 Å². The van der Waals surface area contributed by atoms with E-state index in [1.807, 2.05) is 6.07 Å². The van der Waals surface area contributed by atoms with Crippen LogP contribution >= 0.6 is 11.3 Å². The van der Waals surface area contributed by atoms with Crippen LogP contribution in [0.2, 0.25) is 0 Å². The SMILES string of the molecule is C1=C[C@H]2C/C(=N\Nc3ncnc4sc(-c5ccccc5)cc34)[C@@H]2C1. The molecule has 1 fully saturated rings. The zero-order valence-corrected chi connectivity index (χ0v) is 13.8. The number of allylic oxidation sites excluding steroid dienone is 2. The van der Waals surface area contributed by atoms with E-state index in [9.17, 15) is 0 Å². The highest BCUT2D eigenvalue weighted by Crippen LogP contribution is 2.40. The van der Waals surface area contributed by atoms with Crippen molar-refractivity contribution in [2.24, 2.45) is 16.9 Å². The van der Waals surface area contributed by atoms with E-state index in [1.165, 1.54) is 16.2 Å². The molecule has 5 heteroatoms. The molecular weight excluding hydrogens is 316 g/mol. The van der Waals surface area contributed by atoms with Crippen molar-refractivity contribution >= 4 is 33.1 Å². The van der Waals surface area contributed by atoms with E-state index in [2.05, 4.69) is 63.0 Å². The number of benzene rings is 1. The summed E-state index contributed by atoms with van der Waals surface area (Å²) < 4.78 is 0. The van der Waals surface area contributed by atoms with Gasteiger partial charge in [0, 0.05) is 16.5 Å². The molecule has 24 heavy (non-hydrogen) atoms. The standard InChI is InChI=1S/C19H16N4S/c1-2-5-12(6-3-1)17-10-15-18(20-11-21-19(15)24-17)23-22-16-9-13-7-4-8-14(13)16/h1-7,10-11,13-14H,8-9H2,(H,20,21,23)/b22-16+/t13-,14+/m0/s1. The third-order valence-electron chi connectivity index (χ3n) is 4.86. The molecule has 0 radical (unpaired) electrons. The Bertz CT molecular complexity index is 958. The Morgan fingerprint density at radius 1 is 1.17 bits per heavy atom. The molecule has 2 heterocycles. The molecule has 2 aliphatic rings. The Balaban J connectivity index is 1.46. The molecule has 0 aliphatic heterocycles. The number of nitrogens with one attached hydrogen (secondary N) is 1. The van der Waals surface area contributed by atoms with Crippen LogP contribution in [0.3, 0.4) is 0 Å². The molecule has 0 saturated heterocycles. The fourth-order valence-electron chi connectivity index (χ4n) is 3.48. The van der Waals surface area contributed by atoms with Crippen LogP contribution in [0.25, 0.3) is 20.7 Å². The Labute approximate surface area is 144 Å². The maximum absolute atomic E-state index is 4.62. The van der Waals surface area contributed by atoms with Gasteiger partial charge in [-0.3, -0.25) is 5.43 Å². The molecule has 1 N–H and O–H groups in total. The van der Waals surface area contributed by atoms with Crippen molar-refractivity contribution in [2.75, 3.05) is 5.43 Å². The maximum atomic E-state index is 4.62. The van der Waals surface area contributed by atoms with Gasteiger partial charge in [-0.05, 0) is 30.4 Å². The van der Waals surface area contributed by atoms with Crippen molar-refractivity contribution < 1.29 is 0 Å². The minimum Gasteiger partial charge on any atom is -0.261 e. The fourth-order valence-corrected chi connectivity index (χ4v) is 4.48. The minimum absolute atomic E-state index is 0.609. The summed E-state index contributed by atoms with van der Waals surface area (Å²) in [7, 11) is 0. The number of thiophene rings is 1. The third-order valence-corrected chi connectivity index (χ3v) is 5.95. The Morgan fingerprint density at radius 3 is 2.96 bits per heavy atom. The van der Waals surface area contributed by atoms with E-state index >= 15 is 0 Å². The largest absolute Gasteiger partial charge is 0.261 e. The number of rotatable bonds is 3. The number of anilines is 1. The number of hydrogen-bond acceptors (Lipinski definition) is 5. The number of nitrogens with zero attached hydrogens (tertiary/aromatic N) is 3. The first-order valence-corrected chi connectivity index (χ1v) is 8.99. The lowest BCUT2D eigenvalue weighted by Crippen LogP contribution is -2.33. The number of fused-ring (bicyclic) bond motifs is 2. The summed E-state index contributed by atoms with van der Waals surface area (Å²) in [5, 5.41) is 5.65. The highest BCUT2D eigenvalue weighted by atomic mass is 32.1. The molecule has 5 rings (SSSR count). The average molecular weight is 332 g/mol. The third kappa shape index (κ3) is 2.24. The van der Waals surface area contributed by atoms with Gasteiger partial charge in [0.25, 0.3) is 0 Å². The summed E-state index contributed by atoms with van der Waals surface area (Å²) in [6.07, 6.45) is 8.39. The van der Waals surface area contributed by atoms with Gasteiger partial charge >= 0.3 is 0 Å². The van der Waals surface area contributed by atoms with Crippen LogP contribution in [-0.4, -0.2) is 15.7 Å². The molecule has 0 spiro atoms. The molecule has 0 amide bonds. The molecule has 1 aromatic carbocycles. The van der Waals surface area contributed by atoms with E-state index in [1.54, 1.807) is 17.7 Å². The second-order valence-corrected chi connectivity index (χ2v) is 7.30. The van der Waals surface area contributed by atoms with Crippen molar-refractivity contribution in [3.63, 3.8) is 0 Å².